The summed E-state index contributed by atoms with van der Waals surface area (Å²) in [4.78, 5) is 4.00. The number of rotatable bonds is 5. The number of alkyl halides is 1. The summed E-state index contributed by atoms with van der Waals surface area (Å²) in [6.45, 7) is 5.44. The molecule has 0 aliphatic heterocycles. The molecule has 5 nitrogen and oxygen atoms in total. The van der Waals surface area contributed by atoms with Gasteiger partial charge in [-0.3, -0.25) is 0 Å². The summed E-state index contributed by atoms with van der Waals surface area (Å²) in [6, 6.07) is -0.222. The average Bonchev–Trinajstić information content (AvgIpc) is 2.58. The summed E-state index contributed by atoms with van der Waals surface area (Å²) in [7, 11) is -1.80. The summed E-state index contributed by atoms with van der Waals surface area (Å²) < 4.78 is 28.2. The smallest absolute Gasteiger partial charge is 0.259 e. The number of nitrogens with zero attached hydrogens (tertiary/aromatic N) is 2. The monoisotopic (exact) mass is 279 g/mol. The normalized spacial score (nSPS) is 15.8. The minimum absolute atomic E-state index is 0.0473. The fourth-order valence-corrected chi connectivity index (χ4v) is 2.87. The predicted molar refractivity (Wildman–Crippen MR) is 67.6 cm³/mol. The highest BCUT2D eigenvalue weighted by molar-refractivity contribution is 7.89. The van der Waals surface area contributed by atoms with Gasteiger partial charge in [0.05, 0.1) is 0 Å². The minimum atomic E-state index is -3.56. The second kappa shape index (κ2) is 5.37. The van der Waals surface area contributed by atoms with Crippen molar-refractivity contribution in [2.75, 3.05) is 5.88 Å². The van der Waals surface area contributed by atoms with Crippen LogP contribution in [0.2, 0.25) is 0 Å². The van der Waals surface area contributed by atoms with Gasteiger partial charge in [0, 0.05) is 25.2 Å². The Bertz CT molecular complexity index is 464. The van der Waals surface area contributed by atoms with Crippen LogP contribution >= 0.6 is 11.6 Å². The first kappa shape index (κ1) is 14.5. The van der Waals surface area contributed by atoms with E-state index in [0.717, 1.165) is 0 Å². The Morgan fingerprint density at radius 3 is 2.53 bits per heavy atom. The Morgan fingerprint density at radius 1 is 1.53 bits per heavy atom. The van der Waals surface area contributed by atoms with Crippen LogP contribution < -0.4 is 4.72 Å². The van der Waals surface area contributed by atoms with Crippen molar-refractivity contribution < 1.29 is 8.42 Å². The summed E-state index contributed by atoms with van der Waals surface area (Å²) in [6.07, 6.45) is 1.50. The van der Waals surface area contributed by atoms with Crippen LogP contribution in [0.1, 0.15) is 19.7 Å². The molecular weight excluding hydrogens is 262 g/mol. The maximum absolute atomic E-state index is 12.0. The number of aromatic nitrogens is 2. The van der Waals surface area contributed by atoms with E-state index in [-0.39, 0.29) is 17.0 Å². The van der Waals surface area contributed by atoms with Gasteiger partial charge in [-0.05, 0) is 19.8 Å². The maximum Gasteiger partial charge on any atom is 0.259 e. The summed E-state index contributed by atoms with van der Waals surface area (Å²) in [5.74, 6) is 1.13. The lowest BCUT2D eigenvalue weighted by Gasteiger charge is -2.18. The van der Waals surface area contributed by atoms with E-state index in [9.17, 15) is 8.42 Å². The van der Waals surface area contributed by atoms with Gasteiger partial charge in [-0.2, -0.15) is 0 Å². The molecule has 2 unspecified atom stereocenters. The van der Waals surface area contributed by atoms with E-state index in [4.69, 9.17) is 11.6 Å². The Kier molecular flexibility index (Phi) is 4.57. The molecule has 0 bridgehead atoms. The molecule has 0 aliphatic carbocycles. The van der Waals surface area contributed by atoms with Gasteiger partial charge < -0.3 is 4.57 Å². The van der Waals surface area contributed by atoms with E-state index in [1.807, 2.05) is 6.92 Å². The summed E-state index contributed by atoms with van der Waals surface area (Å²) in [5, 5.41) is 0.0473. The van der Waals surface area contributed by atoms with Gasteiger partial charge in [0.1, 0.15) is 5.82 Å². The molecule has 1 heterocycles. The molecule has 0 aliphatic rings. The van der Waals surface area contributed by atoms with Gasteiger partial charge in [0.25, 0.3) is 10.0 Å². The van der Waals surface area contributed by atoms with E-state index < -0.39 is 10.0 Å². The van der Waals surface area contributed by atoms with E-state index in [1.165, 1.54) is 6.20 Å². The molecule has 0 fully saturated rings. The van der Waals surface area contributed by atoms with Crippen molar-refractivity contribution in [2.45, 2.75) is 31.8 Å². The Morgan fingerprint density at radius 2 is 2.12 bits per heavy atom. The fourth-order valence-electron chi connectivity index (χ4n) is 1.21. The van der Waals surface area contributed by atoms with Crippen molar-refractivity contribution in [3.05, 3.63) is 12.0 Å². The lowest BCUT2D eigenvalue weighted by Crippen LogP contribution is -2.37. The molecule has 17 heavy (non-hydrogen) atoms. The lowest BCUT2D eigenvalue weighted by atomic mass is 10.1. The molecule has 1 aromatic rings. The third-order valence-corrected chi connectivity index (χ3v) is 4.72. The topological polar surface area (TPSA) is 64.0 Å². The van der Waals surface area contributed by atoms with Crippen molar-refractivity contribution in [2.24, 2.45) is 13.0 Å². The van der Waals surface area contributed by atoms with Gasteiger partial charge >= 0.3 is 0 Å². The number of halogens is 1. The summed E-state index contributed by atoms with van der Waals surface area (Å²) >= 11 is 5.70. The average molecular weight is 280 g/mol. The number of nitrogens with one attached hydrogen (secondary N) is 1. The van der Waals surface area contributed by atoms with Crippen molar-refractivity contribution >= 4 is 21.6 Å². The molecule has 7 heteroatoms. The Hall–Kier alpha value is -0.590. The molecule has 0 amide bonds. The number of hydrogen-bond donors (Lipinski definition) is 1. The van der Waals surface area contributed by atoms with Crippen molar-refractivity contribution in [1.82, 2.24) is 14.3 Å². The second-order valence-corrected chi connectivity index (χ2v) is 6.25. The number of hydrogen-bond acceptors (Lipinski definition) is 3. The second-order valence-electron chi connectivity index (χ2n) is 4.28. The standard InChI is InChI=1S/C10H18ClN3O2S/c1-7(5-11)8(2)13-17(15,16)10-6-14(4)9(3)12-10/h6-8,13H,5H2,1-4H3. The molecule has 0 spiro atoms. The fraction of sp³-hybridized carbons (Fsp3) is 0.700. The highest BCUT2D eigenvalue weighted by Crippen LogP contribution is 2.11. The lowest BCUT2D eigenvalue weighted by molar-refractivity contribution is 0.479. The van der Waals surface area contributed by atoms with E-state index in [0.29, 0.717) is 11.7 Å². The Labute approximate surface area is 107 Å². The highest BCUT2D eigenvalue weighted by Gasteiger charge is 2.23. The largest absolute Gasteiger partial charge is 0.337 e. The molecule has 0 saturated carbocycles. The maximum atomic E-state index is 12.0. The Balaban J connectivity index is 2.89. The van der Waals surface area contributed by atoms with Gasteiger partial charge in [0.2, 0.25) is 0 Å². The third kappa shape index (κ3) is 3.43. The first-order valence-electron chi connectivity index (χ1n) is 5.36. The quantitative estimate of drug-likeness (QED) is 0.826. The zero-order chi connectivity index (χ0) is 13.2. The van der Waals surface area contributed by atoms with Crippen LogP contribution in [0.15, 0.2) is 11.2 Å². The highest BCUT2D eigenvalue weighted by atomic mass is 35.5. The molecule has 98 valence electrons. The zero-order valence-corrected chi connectivity index (χ0v) is 12.0. The van der Waals surface area contributed by atoms with E-state index in [1.54, 1.807) is 25.5 Å². The van der Waals surface area contributed by atoms with Crippen LogP contribution in [-0.4, -0.2) is 29.9 Å². The van der Waals surface area contributed by atoms with Gasteiger partial charge in [-0.1, -0.05) is 6.92 Å². The molecule has 0 radical (unpaired) electrons. The first-order valence-corrected chi connectivity index (χ1v) is 7.38. The molecule has 1 N–H and O–H groups in total. The van der Waals surface area contributed by atoms with Crippen LogP contribution in [0, 0.1) is 12.8 Å². The third-order valence-electron chi connectivity index (χ3n) is 2.80. The molecule has 0 saturated heterocycles. The molecule has 1 aromatic heterocycles. The van der Waals surface area contributed by atoms with Crippen LogP contribution in [-0.2, 0) is 17.1 Å². The zero-order valence-electron chi connectivity index (χ0n) is 10.4. The molecule has 2 atom stereocenters. The van der Waals surface area contributed by atoms with Gasteiger partial charge in [-0.25, -0.2) is 18.1 Å². The van der Waals surface area contributed by atoms with Gasteiger partial charge in [-0.15, -0.1) is 11.6 Å². The van der Waals surface area contributed by atoms with Crippen LogP contribution in [0.4, 0.5) is 0 Å². The summed E-state index contributed by atoms with van der Waals surface area (Å²) in [5.41, 5.74) is 0. The minimum Gasteiger partial charge on any atom is -0.337 e. The number of imidazole rings is 1. The van der Waals surface area contributed by atoms with Crippen molar-refractivity contribution in [1.29, 1.82) is 0 Å². The predicted octanol–water partition coefficient (Wildman–Crippen LogP) is 1.27. The molecule has 0 aromatic carbocycles. The van der Waals surface area contributed by atoms with Crippen LogP contribution in [0.3, 0.4) is 0 Å². The molecule has 1 rings (SSSR count). The van der Waals surface area contributed by atoms with Crippen LogP contribution in [0.25, 0.3) is 0 Å². The number of sulfonamides is 1. The van der Waals surface area contributed by atoms with Crippen LogP contribution in [0.5, 0.6) is 0 Å². The van der Waals surface area contributed by atoms with Crippen molar-refractivity contribution in [3.63, 3.8) is 0 Å². The first-order chi connectivity index (χ1) is 7.77. The molecular formula is C10H18ClN3O2S. The number of aryl methyl sites for hydroxylation is 2. The SMILES string of the molecule is Cc1nc(S(=O)(=O)NC(C)C(C)CCl)cn1C. The van der Waals surface area contributed by atoms with Gasteiger partial charge in [0.15, 0.2) is 5.03 Å². The van der Waals surface area contributed by atoms with Crippen molar-refractivity contribution in [3.8, 4) is 0 Å². The van der Waals surface area contributed by atoms with E-state index in [2.05, 4.69) is 9.71 Å². The van der Waals surface area contributed by atoms with E-state index >= 15 is 0 Å².